The average molecular weight is 314 g/mol. The summed E-state index contributed by atoms with van der Waals surface area (Å²) in [5, 5.41) is 0.824. The highest BCUT2D eigenvalue weighted by Gasteiger charge is 2.14. The Hall–Kier alpha value is -2.62. The zero-order valence-electron chi connectivity index (χ0n) is 12.9. The van der Waals surface area contributed by atoms with Gasteiger partial charge >= 0.3 is 0 Å². The van der Waals surface area contributed by atoms with Crippen LogP contribution in [0.1, 0.15) is 6.92 Å². The van der Waals surface area contributed by atoms with E-state index in [2.05, 4.69) is 0 Å². The highest BCUT2D eigenvalue weighted by molar-refractivity contribution is 5.89. The molecule has 0 spiro atoms. The first-order chi connectivity index (χ1) is 11.1. The molecule has 118 valence electrons. The van der Waals surface area contributed by atoms with Crippen LogP contribution in [0.15, 0.2) is 48.5 Å². The maximum Gasteiger partial charge on any atom is 0.201 e. The molecule has 0 unspecified atom stereocenters. The number of halogens is 2. The monoisotopic (exact) mass is 314 g/mol. The summed E-state index contributed by atoms with van der Waals surface area (Å²) in [7, 11) is 1.32. The van der Waals surface area contributed by atoms with Crippen molar-refractivity contribution in [2.75, 3.05) is 13.7 Å². The van der Waals surface area contributed by atoms with Gasteiger partial charge in [0.05, 0.1) is 13.7 Å². The maximum absolute atomic E-state index is 14.2. The van der Waals surface area contributed by atoms with Gasteiger partial charge in [-0.15, -0.1) is 0 Å². The van der Waals surface area contributed by atoms with Crippen molar-refractivity contribution in [2.45, 2.75) is 6.92 Å². The van der Waals surface area contributed by atoms with Crippen LogP contribution in [0.4, 0.5) is 8.78 Å². The molecule has 0 radical (unpaired) electrons. The number of ether oxygens (including phenoxy) is 2. The minimum absolute atomic E-state index is 0.0937. The van der Waals surface area contributed by atoms with Gasteiger partial charge in [-0.25, -0.2) is 4.39 Å². The third-order valence-electron chi connectivity index (χ3n) is 3.70. The average Bonchev–Trinajstić information content (AvgIpc) is 2.59. The fraction of sp³-hybridized carbons (Fsp3) is 0.158. The second-order valence-corrected chi connectivity index (χ2v) is 5.10. The molecule has 0 bridgehead atoms. The summed E-state index contributed by atoms with van der Waals surface area (Å²) >= 11 is 0. The Morgan fingerprint density at radius 3 is 2.22 bits per heavy atom. The Morgan fingerprint density at radius 1 is 0.870 bits per heavy atom. The van der Waals surface area contributed by atoms with Crippen LogP contribution in [0.5, 0.6) is 11.5 Å². The van der Waals surface area contributed by atoms with E-state index in [1.807, 2.05) is 37.3 Å². The maximum atomic E-state index is 14.2. The van der Waals surface area contributed by atoms with E-state index in [1.165, 1.54) is 13.2 Å². The first-order valence-corrected chi connectivity index (χ1v) is 7.33. The molecular weight excluding hydrogens is 298 g/mol. The number of rotatable bonds is 4. The highest BCUT2D eigenvalue weighted by Crippen LogP contribution is 2.32. The number of hydrogen-bond acceptors (Lipinski definition) is 2. The zero-order valence-corrected chi connectivity index (χ0v) is 12.9. The fourth-order valence-electron chi connectivity index (χ4n) is 2.54. The molecule has 0 saturated heterocycles. The summed E-state index contributed by atoms with van der Waals surface area (Å²) in [6.45, 7) is 2.52. The number of hydrogen-bond donors (Lipinski definition) is 0. The van der Waals surface area contributed by atoms with Crippen molar-refractivity contribution < 1.29 is 18.3 Å². The molecule has 0 aliphatic heterocycles. The van der Waals surface area contributed by atoms with Gasteiger partial charge in [0.2, 0.25) is 5.82 Å². The molecule has 0 amide bonds. The van der Waals surface area contributed by atoms with Gasteiger partial charge in [-0.05, 0) is 47.7 Å². The Balaban J connectivity index is 2.07. The van der Waals surface area contributed by atoms with E-state index in [4.69, 9.17) is 9.47 Å². The van der Waals surface area contributed by atoms with E-state index in [-0.39, 0.29) is 11.1 Å². The molecule has 4 heteroatoms. The van der Waals surface area contributed by atoms with Crippen LogP contribution in [0, 0.1) is 11.6 Å². The number of fused-ring (bicyclic) bond motifs is 1. The predicted molar refractivity (Wildman–Crippen MR) is 87.0 cm³/mol. The van der Waals surface area contributed by atoms with Crippen LogP contribution < -0.4 is 9.47 Å². The first-order valence-electron chi connectivity index (χ1n) is 7.33. The van der Waals surface area contributed by atoms with E-state index in [1.54, 1.807) is 12.1 Å². The lowest BCUT2D eigenvalue weighted by molar-refractivity contribution is 0.340. The van der Waals surface area contributed by atoms with Crippen LogP contribution in [0.25, 0.3) is 21.9 Å². The Labute approximate surface area is 133 Å². The van der Waals surface area contributed by atoms with Crippen LogP contribution in [0.3, 0.4) is 0 Å². The molecule has 0 atom stereocenters. The Kier molecular flexibility index (Phi) is 4.15. The van der Waals surface area contributed by atoms with Gasteiger partial charge < -0.3 is 9.47 Å². The molecule has 0 aliphatic carbocycles. The van der Waals surface area contributed by atoms with Crippen molar-refractivity contribution in [2.24, 2.45) is 0 Å². The Morgan fingerprint density at radius 2 is 1.57 bits per heavy atom. The van der Waals surface area contributed by atoms with Crippen molar-refractivity contribution in [3.05, 3.63) is 60.2 Å². The van der Waals surface area contributed by atoms with E-state index < -0.39 is 11.6 Å². The lowest BCUT2D eigenvalue weighted by atomic mass is 10.0. The molecule has 0 fully saturated rings. The third kappa shape index (κ3) is 2.84. The van der Waals surface area contributed by atoms with Crippen LogP contribution in [0.2, 0.25) is 0 Å². The van der Waals surface area contributed by atoms with Gasteiger partial charge in [0, 0.05) is 5.39 Å². The van der Waals surface area contributed by atoms with Crippen LogP contribution in [-0.2, 0) is 0 Å². The predicted octanol–water partition coefficient (Wildman–Crippen LogP) is 5.19. The molecule has 3 aromatic rings. The van der Waals surface area contributed by atoms with Crippen molar-refractivity contribution in [3.63, 3.8) is 0 Å². The standard InChI is InChI=1S/C19H16F2O2/c1-3-23-15-8-6-12(7-9-15)13-4-5-14-11-17(22-2)19(21)18(20)16(14)10-13/h4-11H,3H2,1-2H3. The third-order valence-corrected chi connectivity index (χ3v) is 3.70. The highest BCUT2D eigenvalue weighted by atomic mass is 19.2. The van der Waals surface area contributed by atoms with E-state index in [9.17, 15) is 8.78 Å². The van der Waals surface area contributed by atoms with Gasteiger partial charge in [-0.1, -0.05) is 24.3 Å². The molecule has 3 rings (SSSR count). The molecule has 0 aromatic heterocycles. The van der Waals surface area contributed by atoms with Gasteiger partial charge in [-0.3, -0.25) is 0 Å². The smallest absolute Gasteiger partial charge is 0.201 e. The molecule has 2 nitrogen and oxygen atoms in total. The van der Waals surface area contributed by atoms with Gasteiger partial charge in [0.1, 0.15) is 5.75 Å². The SMILES string of the molecule is CCOc1ccc(-c2ccc3cc(OC)c(F)c(F)c3c2)cc1. The summed E-state index contributed by atoms with van der Waals surface area (Å²) in [5.74, 6) is -1.18. The quantitative estimate of drug-likeness (QED) is 0.659. The largest absolute Gasteiger partial charge is 0.494 e. The molecule has 23 heavy (non-hydrogen) atoms. The molecule has 3 aromatic carbocycles. The molecule has 0 saturated carbocycles. The Bertz CT molecular complexity index is 842. The summed E-state index contributed by atoms with van der Waals surface area (Å²) in [6, 6.07) is 14.3. The van der Waals surface area contributed by atoms with Crippen molar-refractivity contribution in [1.29, 1.82) is 0 Å². The van der Waals surface area contributed by atoms with E-state index >= 15 is 0 Å². The van der Waals surface area contributed by atoms with E-state index in [0.29, 0.717) is 12.0 Å². The first kappa shape index (κ1) is 15.3. The fourth-order valence-corrected chi connectivity index (χ4v) is 2.54. The second-order valence-electron chi connectivity index (χ2n) is 5.10. The minimum atomic E-state index is -0.969. The number of methoxy groups -OCH3 is 1. The summed E-state index contributed by atoms with van der Waals surface area (Å²) in [4.78, 5) is 0. The normalized spacial score (nSPS) is 10.8. The lowest BCUT2D eigenvalue weighted by Crippen LogP contribution is -1.94. The molecule has 0 aliphatic rings. The van der Waals surface area contributed by atoms with Crippen LogP contribution in [-0.4, -0.2) is 13.7 Å². The zero-order chi connectivity index (χ0) is 16.4. The van der Waals surface area contributed by atoms with Crippen molar-refractivity contribution in [1.82, 2.24) is 0 Å². The van der Waals surface area contributed by atoms with Gasteiger partial charge in [0.15, 0.2) is 11.6 Å². The summed E-state index contributed by atoms with van der Waals surface area (Å²) in [6.07, 6.45) is 0. The molecule has 0 heterocycles. The lowest BCUT2D eigenvalue weighted by Gasteiger charge is -2.09. The van der Waals surface area contributed by atoms with Gasteiger partial charge in [-0.2, -0.15) is 4.39 Å². The molecule has 0 N–H and O–H groups in total. The van der Waals surface area contributed by atoms with Crippen molar-refractivity contribution in [3.8, 4) is 22.6 Å². The number of benzene rings is 3. The second kappa shape index (κ2) is 6.24. The van der Waals surface area contributed by atoms with Crippen LogP contribution >= 0.6 is 0 Å². The van der Waals surface area contributed by atoms with E-state index in [0.717, 1.165) is 16.9 Å². The molecular formula is C19H16F2O2. The summed E-state index contributed by atoms with van der Waals surface area (Å²) < 4.78 is 38.4. The topological polar surface area (TPSA) is 18.5 Å². The minimum Gasteiger partial charge on any atom is -0.494 e. The van der Waals surface area contributed by atoms with Gasteiger partial charge in [0.25, 0.3) is 0 Å². The van der Waals surface area contributed by atoms with Crippen molar-refractivity contribution >= 4 is 10.8 Å². The summed E-state index contributed by atoms with van der Waals surface area (Å²) in [5.41, 5.74) is 1.72.